The van der Waals surface area contributed by atoms with E-state index in [9.17, 15) is 4.79 Å². The molecule has 1 aromatic rings. The van der Waals surface area contributed by atoms with Crippen LogP contribution in [0.4, 0.5) is 0 Å². The normalized spacial score (nSPS) is 20.4. The number of carbonyl (C=O) groups is 1. The van der Waals surface area contributed by atoms with Crippen LogP contribution < -0.4 is 5.73 Å². The molecule has 0 spiro atoms. The van der Waals surface area contributed by atoms with Crippen molar-refractivity contribution in [3.8, 4) is 0 Å². The quantitative estimate of drug-likeness (QED) is 0.888. The molecule has 1 aliphatic rings. The fraction of sp³-hybridized carbons (Fsp3) is 0.533. The molecule has 1 fully saturated rings. The van der Waals surface area contributed by atoms with Crippen LogP contribution in [0.2, 0.25) is 0 Å². The Morgan fingerprint density at radius 2 is 2.05 bits per heavy atom. The molecule has 0 aliphatic carbocycles. The highest BCUT2D eigenvalue weighted by molar-refractivity contribution is 5.78. The summed E-state index contributed by atoms with van der Waals surface area (Å²) in [6, 6.07) is 8.51. The molecular formula is C15H23N3O. The fourth-order valence-electron chi connectivity index (χ4n) is 2.72. The average Bonchev–Trinajstić information content (AvgIpc) is 2.33. The van der Waals surface area contributed by atoms with Gasteiger partial charge in [0.15, 0.2) is 0 Å². The number of aryl methyl sites for hydroxylation is 1. The molecule has 0 bridgehead atoms. The van der Waals surface area contributed by atoms with Crippen molar-refractivity contribution in [2.45, 2.75) is 25.9 Å². The molecule has 0 aromatic heterocycles. The van der Waals surface area contributed by atoms with Crippen molar-refractivity contribution in [2.24, 2.45) is 5.73 Å². The molecule has 104 valence electrons. The molecule has 0 saturated carbocycles. The minimum Gasteiger partial charge on any atom is -0.343 e. The second kappa shape index (κ2) is 5.72. The first kappa shape index (κ1) is 14.0. The molecule has 1 amide bonds. The summed E-state index contributed by atoms with van der Waals surface area (Å²) in [6.45, 7) is 6.19. The van der Waals surface area contributed by atoms with E-state index >= 15 is 0 Å². The van der Waals surface area contributed by atoms with E-state index in [1.807, 2.05) is 14.0 Å². The molecule has 1 saturated heterocycles. The first-order valence-electron chi connectivity index (χ1n) is 6.79. The zero-order valence-electron chi connectivity index (χ0n) is 12.0. The van der Waals surface area contributed by atoms with E-state index in [4.69, 9.17) is 5.73 Å². The highest BCUT2D eigenvalue weighted by atomic mass is 16.2. The third-order valence-electron chi connectivity index (χ3n) is 3.76. The zero-order chi connectivity index (χ0) is 14.0. The van der Waals surface area contributed by atoms with Crippen LogP contribution in [0.3, 0.4) is 0 Å². The number of nitrogens with two attached hydrogens (primary N) is 1. The Morgan fingerprint density at radius 1 is 1.32 bits per heavy atom. The van der Waals surface area contributed by atoms with Crippen LogP contribution in [0, 0.1) is 6.92 Å². The number of hydrogen-bond acceptors (Lipinski definition) is 3. The predicted molar refractivity (Wildman–Crippen MR) is 76.8 cm³/mol. The first-order chi connectivity index (χ1) is 8.99. The summed E-state index contributed by atoms with van der Waals surface area (Å²) in [5.74, 6) is 0.171. The van der Waals surface area contributed by atoms with E-state index in [1.54, 1.807) is 4.90 Å². The molecule has 19 heavy (non-hydrogen) atoms. The summed E-state index contributed by atoms with van der Waals surface area (Å²) in [6.07, 6.45) is 0. The lowest BCUT2D eigenvalue weighted by atomic mass is 9.97. The van der Waals surface area contributed by atoms with Crippen molar-refractivity contribution in [3.63, 3.8) is 0 Å². The highest BCUT2D eigenvalue weighted by Crippen LogP contribution is 2.25. The van der Waals surface area contributed by atoms with E-state index in [2.05, 4.69) is 36.1 Å². The van der Waals surface area contributed by atoms with Gasteiger partial charge in [0.1, 0.15) is 0 Å². The maximum absolute atomic E-state index is 11.9. The van der Waals surface area contributed by atoms with Crippen molar-refractivity contribution < 1.29 is 4.79 Å². The minimum absolute atomic E-state index is 0.00185. The number of hydrogen-bond donors (Lipinski definition) is 1. The number of rotatable bonds is 3. The number of nitrogens with zero attached hydrogens (tertiary/aromatic N) is 2. The molecule has 2 atom stereocenters. The van der Waals surface area contributed by atoms with E-state index in [1.165, 1.54) is 11.1 Å². The van der Waals surface area contributed by atoms with Crippen LogP contribution in [0.25, 0.3) is 0 Å². The van der Waals surface area contributed by atoms with Crippen LogP contribution in [0.5, 0.6) is 0 Å². The maximum atomic E-state index is 11.9. The summed E-state index contributed by atoms with van der Waals surface area (Å²) < 4.78 is 0. The van der Waals surface area contributed by atoms with Crippen LogP contribution >= 0.6 is 0 Å². The van der Waals surface area contributed by atoms with Gasteiger partial charge in [0.2, 0.25) is 5.91 Å². The van der Waals surface area contributed by atoms with E-state index in [0.717, 1.165) is 13.1 Å². The minimum atomic E-state index is -0.00185. The van der Waals surface area contributed by atoms with Crippen molar-refractivity contribution in [3.05, 3.63) is 35.4 Å². The molecule has 2 unspecified atom stereocenters. The Kier molecular flexibility index (Phi) is 4.22. The first-order valence-corrected chi connectivity index (χ1v) is 6.79. The van der Waals surface area contributed by atoms with E-state index in [-0.39, 0.29) is 18.0 Å². The lowest BCUT2D eigenvalue weighted by molar-refractivity contribution is -0.135. The van der Waals surface area contributed by atoms with Gasteiger partial charge in [-0.2, -0.15) is 0 Å². The number of benzene rings is 1. The molecule has 1 aromatic carbocycles. The summed E-state index contributed by atoms with van der Waals surface area (Å²) in [4.78, 5) is 15.9. The van der Waals surface area contributed by atoms with Gasteiger partial charge < -0.3 is 10.6 Å². The maximum Gasteiger partial charge on any atom is 0.236 e. The molecule has 1 aliphatic heterocycles. The SMILES string of the molecule is Cc1cccc(C(C(C)N)N2CCN(C)C(=O)C2)c1. The Hall–Kier alpha value is -1.39. The standard InChI is InChI=1S/C15H23N3O/c1-11-5-4-6-13(9-11)15(12(2)16)18-8-7-17(3)14(19)10-18/h4-6,9,12,15H,7-8,10,16H2,1-3H3. The molecule has 4 heteroatoms. The molecule has 2 N–H and O–H groups in total. The largest absolute Gasteiger partial charge is 0.343 e. The lowest BCUT2D eigenvalue weighted by Gasteiger charge is -2.39. The lowest BCUT2D eigenvalue weighted by Crippen LogP contribution is -2.52. The van der Waals surface area contributed by atoms with Crippen molar-refractivity contribution in [1.82, 2.24) is 9.80 Å². The monoisotopic (exact) mass is 261 g/mol. The molecular weight excluding hydrogens is 238 g/mol. The van der Waals surface area contributed by atoms with Gasteiger partial charge >= 0.3 is 0 Å². The van der Waals surface area contributed by atoms with Gasteiger partial charge in [-0.1, -0.05) is 29.8 Å². The smallest absolute Gasteiger partial charge is 0.236 e. The summed E-state index contributed by atoms with van der Waals surface area (Å²) in [5.41, 5.74) is 8.59. The Balaban J connectivity index is 2.24. The Morgan fingerprint density at radius 3 is 2.63 bits per heavy atom. The average molecular weight is 261 g/mol. The van der Waals surface area contributed by atoms with Crippen molar-refractivity contribution in [2.75, 3.05) is 26.7 Å². The topological polar surface area (TPSA) is 49.6 Å². The summed E-state index contributed by atoms with van der Waals surface area (Å²) in [5, 5.41) is 0. The van der Waals surface area contributed by atoms with Crippen LogP contribution in [0.1, 0.15) is 24.1 Å². The van der Waals surface area contributed by atoms with Crippen molar-refractivity contribution in [1.29, 1.82) is 0 Å². The molecule has 0 radical (unpaired) electrons. The number of amides is 1. The van der Waals surface area contributed by atoms with E-state index in [0.29, 0.717) is 6.54 Å². The number of likely N-dealkylation sites (N-methyl/N-ethyl adjacent to an activating group) is 1. The van der Waals surface area contributed by atoms with E-state index < -0.39 is 0 Å². The number of piperazine rings is 1. The van der Waals surface area contributed by atoms with Crippen LogP contribution in [-0.4, -0.2) is 48.4 Å². The molecule has 2 rings (SSSR count). The second-order valence-electron chi connectivity index (χ2n) is 5.50. The van der Waals surface area contributed by atoms with Crippen molar-refractivity contribution >= 4 is 5.91 Å². The molecule has 4 nitrogen and oxygen atoms in total. The Labute approximate surface area is 115 Å². The van der Waals surface area contributed by atoms with Gasteiger partial charge in [0.25, 0.3) is 0 Å². The second-order valence-corrected chi connectivity index (χ2v) is 5.50. The van der Waals surface area contributed by atoms with Gasteiger partial charge in [-0.15, -0.1) is 0 Å². The van der Waals surface area contributed by atoms with Gasteiger partial charge in [-0.3, -0.25) is 9.69 Å². The number of carbonyl (C=O) groups excluding carboxylic acids is 1. The third kappa shape index (κ3) is 3.14. The Bertz CT molecular complexity index is 458. The third-order valence-corrected chi connectivity index (χ3v) is 3.76. The van der Waals surface area contributed by atoms with Crippen LogP contribution in [0.15, 0.2) is 24.3 Å². The van der Waals surface area contributed by atoms with Gasteiger partial charge in [0, 0.05) is 26.2 Å². The molecule has 1 heterocycles. The van der Waals surface area contributed by atoms with Gasteiger partial charge in [-0.25, -0.2) is 0 Å². The zero-order valence-corrected chi connectivity index (χ0v) is 12.0. The highest BCUT2D eigenvalue weighted by Gasteiger charge is 2.30. The summed E-state index contributed by atoms with van der Waals surface area (Å²) >= 11 is 0. The summed E-state index contributed by atoms with van der Waals surface area (Å²) in [7, 11) is 1.85. The van der Waals surface area contributed by atoms with Crippen LogP contribution in [-0.2, 0) is 4.79 Å². The van der Waals surface area contributed by atoms with Gasteiger partial charge in [-0.05, 0) is 19.4 Å². The fourth-order valence-corrected chi connectivity index (χ4v) is 2.72. The van der Waals surface area contributed by atoms with Gasteiger partial charge in [0.05, 0.1) is 12.6 Å². The predicted octanol–water partition coefficient (Wildman–Crippen LogP) is 1.16.